The Balaban J connectivity index is 2.08. The number of hydrogen-bond donors (Lipinski definition) is 3. The van der Waals surface area contributed by atoms with E-state index in [9.17, 15) is 19.5 Å². The van der Waals surface area contributed by atoms with Crippen LogP contribution >= 0.6 is 11.8 Å². The molecule has 1 spiro atoms. The summed E-state index contributed by atoms with van der Waals surface area (Å²) in [5.74, 6) is -1.06. The van der Waals surface area contributed by atoms with E-state index in [4.69, 9.17) is 0 Å². The Morgan fingerprint density at radius 2 is 1.82 bits per heavy atom. The minimum absolute atomic E-state index is 0.0201. The van der Waals surface area contributed by atoms with E-state index in [1.165, 1.54) is 0 Å². The molecule has 0 aliphatic carbocycles. The number of fused-ring (bicyclic) bond motifs is 1. The van der Waals surface area contributed by atoms with E-state index in [0.717, 1.165) is 12.8 Å². The lowest BCUT2D eigenvalue weighted by molar-refractivity contribution is -0.143. The fraction of sp³-hybridized carbons (Fsp3) is 0.885. The highest BCUT2D eigenvalue weighted by Gasteiger charge is 2.76. The molecule has 3 saturated heterocycles. The Morgan fingerprint density at radius 1 is 1.21 bits per heavy atom. The van der Waals surface area contributed by atoms with Gasteiger partial charge in [-0.3, -0.25) is 14.4 Å². The highest BCUT2D eigenvalue weighted by Crippen LogP contribution is 2.68. The first-order chi connectivity index (χ1) is 15.6. The molecule has 0 radical (unpaired) electrons. The Hall–Kier alpha value is -1.28. The molecule has 3 fully saturated rings. The summed E-state index contributed by atoms with van der Waals surface area (Å²) in [6.07, 6.45) is 2.20. The maximum absolute atomic E-state index is 14.1. The van der Waals surface area contributed by atoms with Crippen LogP contribution in [-0.4, -0.2) is 69.0 Å². The molecule has 3 aliphatic heterocycles. The van der Waals surface area contributed by atoms with Crippen molar-refractivity contribution >= 4 is 29.5 Å². The van der Waals surface area contributed by atoms with Gasteiger partial charge in [0, 0.05) is 17.8 Å². The molecule has 8 heteroatoms. The van der Waals surface area contributed by atoms with Gasteiger partial charge in [-0.25, -0.2) is 0 Å². The van der Waals surface area contributed by atoms with Gasteiger partial charge < -0.3 is 20.6 Å². The predicted octanol–water partition coefficient (Wildman–Crippen LogP) is 2.81. The van der Waals surface area contributed by atoms with E-state index in [2.05, 4.69) is 52.2 Å². The van der Waals surface area contributed by atoms with Crippen LogP contribution in [0.5, 0.6) is 0 Å². The van der Waals surface area contributed by atoms with Gasteiger partial charge >= 0.3 is 0 Å². The molecule has 7 atom stereocenters. The first-order valence-corrected chi connectivity index (χ1v) is 13.6. The number of aliphatic hydroxyl groups is 1. The van der Waals surface area contributed by atoms with Crippen molar-refractivity contribution in [3.8, 4) is 0 Å². The summed E-state index contributed by atoms with van der Waals surface area (Å²) in [6.45, 7) is 16.5. The highest BCUT2D eigenvalue weighted by molar-refractivity contribution is 8.02. The number of hydrogen-bond acceptors (Lipinski definition) is 5. The van der Waals surface area contributed by atoms with E-state index in [1.54, 1.807) is 23.7 Å². The zero-order chi connectivity index (χ0) is 25.8. The molecule has 0 saturated carbocycles. The number of carbonyl (C=O) groups excluding carboxylic acids is 3. The topological polar surface area (TPSA) is 98.7 Å². The van der Waals surface area contributed by atoms with Gasteiger partial charge in [0.2, 0.25) is 17.7 Å². The number of amides is 3. The van der Waals surface area contributed by atoms with Crippen LogP contribution in [0.2, 0.25) is 0 Å². The molecule has 194 valence electrons. The Kier molecular flexibility index (Phi) is 7.47. The van der Waals surface area contributed by atoms with Crippen LogP contribution in [0.4, 0.5) is 0 Å². The molecule has 0 aromatic heterocycles. The standard InChI is InChI=1S/C26H45N3O4S/c1-14(2)10-16(12-30)29-20(22(32)28-25(7,8)13-24(4,5)6)26-15(3)11-17(34-26)18(21(31)27-9)19(26)23(29)33/h14-20,30H,10-13H2,1-9H3,(H,27,31)(H,28,32)/t15?,16-,17-,18+,19+,20?,26?/m1/s1. The minimum Gasteiger partial charge on any atom is -0.394 e. The van der Waals surface area contributed by atoms with Gasteiger partial charge in [0.1, 0.15) is 6.04 Å². The van der Waals surface area contributed by atoms with Crippen LogP contribution < -0.4 is 10.6 Å². The zero-order valence-electron chi connectivity index (χ0n) is 22.4. The van der Waals surface area contributed by atoms with Crippen molar-refractivity contribution in [2.45, 2.75) is 102 Å². The predicted molar refractivity (Wildman–Crippen MR) is 136 cm³/mol. The fourth-order valence-corrected chi connectivity index (χ4v) is 9.62. The number of likely N-dealkylation sites (tertiary alicyclic amines) is 1. The first kappa shape index (κ1) is 27.3. The molecule has 3 aliphatic rings. The highest BCUT2D eigenvalue weighted by atomic mass is 32.2. The van der Waals surface area contributed by atoms with Gasteiger partial charge in [-0.15, -0.1) is 11.8 Å². The van der Waals surface area contributed by atoms with Gasteiger partial charge in [0.05, 0.1) is 29.2 Å². The van der Waals surface area contributed by atoms with Gasteiger partial charge in [0.15, 0.2) is 0 Å². The van der Waals surface area contributed by atoms with Crippen molar-refractivity contribution in [1.29, 1.82) is 0 Å². The molecule has 2 bridgehead atoms. The number of nitrogens with one attached hydrogen (secondary N) is 2. The van der Waals surface area contributed by atoms with Crippen molar-refractivity contribution in [2.75, 3.05) is 13.7 Å². The van der Waals surface area contributed by atoms with E-state index in [1.807, 2.05) is 13.8 Å². The van der Waals surface area contributed by atoms with Crippen LogP contribution in [0.3, 0.4) is 0 Å². The third kappa shape index (κ3) is 4.61. The van der Waals surface area contributed by atoms with Crippen LogP contribution in [0.1, 0.15) is 74.7 Å². The second-order valence-electron chi connectivity index (χ2n) is 13.0. The number of nitrogens with zero attached hydrogens (tertiary/aromatic N) is 1. The minimum atomic E-state index is -0.709. The molecule has 3 rings (SSSR count). The monoisotopic (exact) mass is 495 g/mol. The molecule has 34 heavy (non-hydrogen) atoms. The van der Waals surface area contributed by atoms with E-state index in [0.29, 0.717) is 6.42 Å². The molecule has 3 unspecified atom stereocenters. The Bertz CT molecular complexity index is 823. The zero-order valence-corrected chi connectivity index (χ0v) is 23.2. The molecule has 3 N–H and O–H groups in total. The van der Waals surface area contributed by atoms with Crippen LogP contribution in [-0.2, 0) is 14.4 Å². The molecular formula is C26H45N3O4S. The summed E-state index contributed by atoms with van der Waals surface area (Å²) in [6, 6.07) is -1.16. The summed E-state index contributed by atoms with van der Waals surface area (Å²) < 4.78 is -0.661. The van der Waals surface area contributed by atoms with Gasteiger partial charge in [-0.2, -0.15) is 0 Å². The second kappa shape index (κ2) is 9.30. The van der Waals surface area contributed by atoms with Crippen LogP contribution in [0, 0.1) is 29.1 Å². The molecule has 3 amide bonds. The second-order valence-corrected chi connectivity index (χ2v) is 14.5. The van der Waals surface area contributed by atoms with Crippen molar-refractivity contribution in [3.05, 3.63) is 0 Å². The van der Waals surface area contributed by atoms with Crippen molar-refractivity contribution in [3.63, 3.8) is 0 Å². The summed E-state index contributed by atoms with van der Waals surface area (Å²) in [5.41, 5.74) is -0.442. The molecule has 0 aromatic carbocycles. The lowest BCUT2D eigenvalue weighted by Crippen LogP contribution is -2.61. The molecule has 3 heterocycles. The number of aliphatic hydroxyl groups excluding tert-OH is 1. The van der Waals surface area contributed by atoms with Gasteiger partial charge in [0.25, 0.3) is 0 Å². The average molecular weight is 496 g/mol. The Labute approximate surface area is 209 Å². The van der Waals surface area contributed by atoms with Gasteiger partial charge in [-0.05, 0) is 50.4 Å². The van der Waals surface area contributed by atoms with Crippen molar-refractivity contribution in [2.24, 2.45) is 29.1 Å². The summed E-state index contributed by atoms with van der Waals surface area (Å²) in [4.78, 5) is 42.8. The average Bonchev–Trinajstić information content (AvgIpc) is 3.26. The normalized spacial score (nSPS) is 33.9. The number of thioether (sulfide) groups is 1. The fourth-order valence-electron chi connectivity index (χ4n) is 7.21. The maximum Gasteiger partial charge on any atom is 0.244 e. The van der Waals surface area contributed by atoms with Crippen LogP contribution in [0.25, 0.3) is 0 Å². The summed E-state index contributed by atoms with van der Waals surface area (Å²) in [5, 5.41) is 16.4. The maximum atomic E-state index is 14.1. The quantitative estimate of drug-likeness (QED) is 0.481. The van der Waals surface area contributed by atoms with Crippen molar-refractivity contribution in [1.82, 2.24) is 15.5 Å². The molecule has 7 nitrogen and oxygen atoms in total. The van der Waals surface area contributed by atoms with E-state index < -0.39 is 34.2 Å². The largest absolute Gasteiger partial charge is 0.394 e. The third-order valence-corrected chi connectivity index (χ3v) is 9.84. The lowest BCUT2D eigenvalue weighted by atomic mass is 9.65. The summed E-state index contributed by atoms with van der Waals surface area (Å²) >= 11 is 1.67. The van der Waals surface area contributed by atoms with Crippen LogP contribution in [0.15, 0.2) is 0 Å². The SMILES string of the molecule is CNC(=O)[C@@H]1[C@H]2C(=O)N([C@@H](CO)CC(C)C)C(C(=O)NC(C)(C)CC(C)(C)C)C23S[C@@H]1CC3C. The van der Waals surface area contributed by atoms with E-state index in [-0.39, 0.29) is 46.8 Å². The van der Waals surface area contributed by atoms with E-state index >= 15 is 0 Å². The first-order valence-electron chi connectivity index (χ1n) is 12.7. The lowest BCUT2D eigenvalue weighted by Gasteiger charge is -2.42. The summed E-state index contributed by atoms with van der Waals surface area (Å²) in [7, 11) is 1.61. The smallest absolute Gasteiger partial charge is 0.244 e. The third-order valence-electron chi connectivity index (χ3n) is 7.76. The molecule has 0 aromatic rings. The van der Waals surface area contributed by atoms with Crippen molar-refractivity contribution < 1.29 is 19.5 Å². The van der Waals surface area contributed by atoms with Gasteiger partial charge in [-0.1, -0.05) is 41.5 Å². The number of carbonyl (C=O) groups is 3. The number of rotatable bonds is 8. The molecular weight excluding hydrogens is 450 g/mol. The Morgan fingerprint density at radius 3 is 2.32 bits per heavy atom.